The summed E-state index contributed by atoms with van der Waals surface area (Å²) in [6.45, 7) is 17.0. The minimum atomic E-state index is -0.856. The third-order valence-corrected chi connectivity index (χ3v) is 16.0. The van der Waals surface area contributed by atoms with Crippen LogP contribution in [0.15, 0.2) is 30.3 Å². The Bertz CT molecular complexity index is 1380. The van der Waals surface area contributed by atoms with Gasteiger partial charge in [0.05, 0.1) is 5.56 Å². The highest BCUT2D eigenvalue weighted by atomic mass is 16.4. The number of nitrogens with one attached hydrogen (secondary N) is 1. The van der Waals surface area contributed by atoms with E-state index in [0.717, 1.165) is 69.6 Å². The first kappa shape index (κ1) is 32.4. The second kappa shape index (κ2) is 11.5. The Hall–Kier alpha value is -2.14. The summed E-state index contributed by atoms with van der Waals surface area (Å²) in [5, 5.41) is 13.4. The van der Waals surface area contributed by atoms with Crippen LogP contribution in [0.4, 0.5) is 0 Å². The van der Waals surface area contributed by atoms with Crippen molar-refractivity contribution in [3.63, 3.8) is 0 Å². The van der Waals surface area contributed by atoms with Crippen molar-refractivity contribution in [2.75, 3.05) is 26.2 Å². The van der Waals surface area contributed by atoms with Crippen LogP contribution in [0.25, 0.3) is 5.57 Å². The number of nitrogens with zero attached hydrogens (tertiary/aromatic N) is 1. The number of carboxylic acids is 1. The number of aromatic carboxylic acids is 1. The quantitative estimate of drug-likeness (QED) is 0.296. The molecule has 1 aromatic carbocycles. The molecule has 0 spiro atoms. The Morgan fingerprint density at radius 3 is 2.39 bits per heavy atom. The van der Waals surface area contributed by atoms with Crippen molar-refractivity contribution in [1.82, 2.24) is 10.2 Å². The summed E-state index contributed by atoms with van der Waals surface area (Å²) >= 11 is 0. The monoisotopic (exact) mass is 628 g/mol. The Morgan fingerprint density at radius 1 is 0.870 bits per heavy atom. The average Bonchev–Trinajstić information content (AvgIpc) is 3.44. The summed E-state index contributed by atoms with van der Waals surface area (Å²) < 4.78 is 0. The molecule has 1 saturated heterocycles. The van der Waals surface area contributed by atoms with E-state index in [0.29, 0.717) is 33.6 Å². The number of benzene rings is 1. The summed E-state index contributed by atoms with van der Waals surface area (Å²) in [6.07, 6.45) is 18.9. The van der Waals surface area contributed by atoms with E-state index in [4.69, 9.17) is 0 Å². The van der Waals surface area contributed by atoms with E-state index in [1.54, 1.807) is 12.1 Å². The van der Waals surface area contributed by atoms with E-state index < -0.39 is 5.97 Å². The SMILES string of the molecule is CC1(C)C(c2ccc(C(=O)O)cc2)=CC[C@@]2(C)C1CC[C@]1(C)C2CC[C@@H]2C3CCC[C@]3(CNCCN3CCCCC3=O)CC[C@]21C. The van der Waals surface area contributed by atoms with E-state index >= 15 is 0 Å². The lowest BCUT2D eigenvalue weighted by molar-refractivity contribution is -0.222. The third kappa shape index (κ3) is 4.78. The minimum Gasteiger partial charge on any atom is -0.478 e. The molecule has 0 bridgehead atoms. The minimum absolute atomic E-state index is 0.0501. The first-order chi connectivity index (χ1) is 21.9. The number of hydrogen-bond acceptors (Lipinski definition) is 3. The number of allylic oxidation sites excluding steroid dienone is 2. The van der Waals surface area contributed by atoms with E-state index in [9.17, 15) is 14.7 Å². The molecule has 0 aromatic heterocycles. The zero-order chi connectivity index (χ0) is 32.5. The molecular formula is C41H60N2O3. The second-order valence-corrected chi connectivity index (χ2v) is 18.0. The molecule has 8 atom stereocenters. The zero-order valence-electron chi connectivity index (χ0n) is 29.4. The van der Waals surface area contributed by atoms with Gasteiger partial charge in [0.15, 0.2) is 0 Å². The molecule has 5 fully saturated rings. The van der Waals surface area contributed by atoms with Gasteiger partial charge in [-0.15, -0.1) is 0 Å². The molecule has 1 amide bonds. The fraction of sp³-hybridized carbons (Fsp3) is 0.756. The molecule has 0 radical (unpaired) electrons. The molecule has 4 saturated carbocycles. The first-order valence-corrected chi connectivity index (χ1v) is 18.9. The molecule has 5 aliphatic carbocycles. The van der Waals surface area contributed by atoms with Crippen molar-refractivity contribution >= 4 is 17.4 Å². The predicted octanol–water partition coefficient (Wildman–Crippen LogP) is 8.84. The average molecular weight is 629 g/mol. The van der Waals surface area contributed by atoms with E-state index in [-0.39, 0.29) is 10.8 Å². The number of hydrogen-bond donors (Lipinski definition) is 2. The van der Waals surface area contributed by atoms with E-state index in [1.807, 2.05) is 12.1 Å². The van der Waals surface area contributed by atoms with Crippen molar-refractivity contribution in [2.24, 2.45) is 50.7 Å². The number of piperidine rings is 1. The number of carbonyl (C=O) groups excluding carboxylic acids is 1. The van der Waals surface area contributed by atoms with E-state index in [1.165, 1.54) is 68.9 Å². The lowest BCUT2D eigenvalue weighted by Gasteiger charge is -2.72. The van der Waals surface area contributed by atoms with Crippen LogP contribution in [-0.2, 0) is 4.79 Å². The maximum atomic E-state index is 12.3. The summed E-state index contributed by atoms with van der Waals surface area (Å²) in [6, 6.07) is 7.63. The highest BCUT2D eigenvalue weighted by Crippen LogP contribution is 2.77. The fourth-order valence-corrected chi connectivity index (χ4v) is 13.5. The van der Waals surface area contributed by atoms with Crippen LogP contribution < -0.4 is 5.32 Å². The molecule has 5 heteroatoms. The van der Waals surface area contributed by atoms with Gasteiger partial charge in [-0.2, -0.15) is 0 Å². The van der Waals surface area contributed by atoms with Gasteiger partial charge in [-0.25, -0.2) is 4.79 Å². The van der Waals surface area contributed by atoms with Crippen LogP contribution in [0.1, 0.15) is 134 Å². The Balaban J connectivity index is 1.09. The van der Waals surface area contributed by atoms with Gasteiger partial charge in [0.2, 0.25) is 5.91 Å². The molecule has 1 aliphatic heterocycles. The smallest absolute Gasteiger partial charge is 0.335 e. The number of amides is 1. The van der Waals surface area contributed by atoms with Gasteiger partial charge in [0, 0.05) is 32.6 Å². The summed E-state index contributed by atoms with van der Waals surface area (Å²) in [5.74, 6) is 2.52. The van der Waals surface area contributed by atoms with Gasteiger partial charge in [-0.1, -0.05) is 59.2 Å². The number of likely N-dealkylation sites (tertiary alicyclic amines) is 1. The molecule has 3 unspecified atom stereocenters. The van der Waals surface area contributed by atoms with Crippen LogP contribution in [0, 0.1) is 50.7 Å². The number of rotatable bonds is 7. The van der Waals surface area contributed by atoms with Crippen molar-refractivity contribution < 1.29 is 14.7 Å². The Labute approximate surface area is 278 Å². The van der Waals surface area contributed by atoms with Crippen LogP contribution in [-0.4, -0.2) is 48.1 Å². The summed E-state index contributed by atoms with van der Waals surface area (Å²) in [7, 11) is 0. The first-order valence-electron chi connectivity index (χ1n) is 18.9. The summed E-state index contributed by atoms with van der Waals surface area (Å²) in [4.78, 5) is 25.9. The van der Waals surface area contributed by atoms with Gasteiger partial charge in [-0.05, 0) is 145 Å². The van der Waals surface area contributed by atoms with Crippen molar-refractivity contribution in [1.29, 1.82) is 0 Å². The lowest BCUT2D eigenvalue weighted by Crippen LogP contribution is -2.65. The number of carboxylic acid groups (broad SMARTS) is 1. The second-order valence-electron chi connectivity index (χ2n) is 18.0. The molecule has 2 N–H and O–H groups in total. The largest absolute Gasteiger partial charge is 0.478 e. The highest BCUT2D eigenvalue weighted by Gasteiger charge is 2.69. The zero-order valence-corrected chi connectivity index (χ0v) is 29.4. The topological polar surface area (TPSA) is 69.6 Å². The fourth-order valence-electron chi connectivity index (χ4n) is 13.5. The number of carbonyl (C=O) groups is 2. The van der Waals surface area contributed by atoms with Crippen molar-refractivity contribution in [2.45, 2.75) is 118 Å². The van der Waals surface area contributed by atoms with Crippen molar-refractivity contribution in [3.05, 3.63) is 41.5 Å². The van der Waals surface area contributed by atoms with Crippen LogP contribution >= 0.6 is 0 Å². The molecule has 1 aromatic rings. The summed E-state index contributed by atoms with van der Waals surface area (Å²) in [5.41, 5.74) is 4.52. The molecule has 252 valence electrons. The standard InChI is InChI=1S/C41H60N2O3/c1-37(2)30(28-11-13-29(14-12-28)36(45)46)17-20-38(3)33(37)18-21-40(5)34(38)16-15-31-32-9-8-19-41(32,23-22-39(31,40)4)27-42-24-26-43-25-7-6-10-35(43)44/h11-14,17,31-34,42H,6-10,15-16,18-27H2,1-5H3,(H,45,46)/t31-,32?,33?,34?,38+,39-,40-,41-/m1/s1. The third-order valence-electron chi connectivity index (χ3n) is 16.0. The van der Waals surface area contributed by atoms with Crippen LogP contribution in [0.2, 0.25) is 0 Å². The molecule has 46 heavy (non-hydrogen) atoms. The van der Waals surface area contributed by atoms with Gasteiger partial charge in [0.1, 0.15) is 0 Å². The van der Waals surface area contributed by atoms with Crippen molar-refractivity contribution in [3.8, 4) is 0 Å². The molecule has 5 nitrogen and oxygen atoms in total. The predicted molar refractivity (Wildman–Crippen MR) is 185 cm³/mol. The highest BCUT2D eigenvalue weighted by molar-refractivity contribution is 5.88. The van der Waals surface area contributed by atoms with Gasteiger partial charge in [-0.3, -0.25) is 4.79 Å². The normalized spacial score (nSPS) is 41.5. The maximum Gasteiger partial charge on any atom is 0.335 e. The van der Waals surface area contributed by atoms with Crippen LogP contribution in [0.3, 0.4) is 0 Å². The Kier molecular flexibility index (Phi) is 8.09. The number of fused-ring (bicyclic) bond motifs is 7. The van der Waals surface area contributed by atoms with Gasteiger partial charge < -0.3 is 15.3 Å². The molecular weight excluding hydrogens is 568 g/mol. The molecule has 6 aliphatic rings. The molecule has 7 rings (SSSR count). The van der Waals surface area contributed by atoms with Gasteiger partial charge in [0.25, 0.3) is 0 Å². The maximum absolute atomic E-state index is 12.3. The molecule has 1 heterocycles. The van der Waals surface area contributed by atoms with E-state index in [2.05, 4.69) is 50.9 Å². The van der Waals surface area contributed by atoms with Gasteiger partial charge >= 0.3 is 5.97 Å². The lowest BCUT2D eigenvalue weighted by atomic mass is 9.32. The van der Waals surface area contributed by atoms with Crippen LogP contribution in [0.5, 0.6) is 0 Å². The Morgan fingerprint density at radius 2 is 1.65 bits per heavy atom.